The molecule has 0 unspecified atom stereocenters. The fraction of sp³-hybridized carbons (Fsp3) is 0.167. The van der Waals surface area contributed by atoms with Gasteiger partial charge in [0.2, 0.25) is 10.0 Å². The fourth-order valence-corrected chi connectivity index (χ4v) is 4.29. The first kappa shape index (κ1) is 24.4. The summed E-state index contributed by atoms with van der Waals surface area (Å²) in [5, 5.41) is 5.57. The molecule has 3 N–H and O–H groups in total. The van der Waals surface area contributed by atoms with Crippen LogP contribution in [0, 0.1) is 0 Å². The van der Waals surface area contributed by atoms with E-state index in [-0.39, 0.29) is 10.0 Å². The SMILES string of the molecule is CCOc1ccccc1C(=O)NC(=S)Nc1ccc(S(=O)(=O)NCCc2ccccc2)cc1. The van der Waals surface area contributed by atoms with Gasteiger partial charge in [-0.2, -0.15) is 0 Å². The van der Waals surface area contributed by atoms with Gasteiger partial charge in [0.15, 0.2) is 5.11 Å². The molecular weight excluding hydrogens is 458 g/mol. The zero-order chi connectivity index (χ0) is 23.7. The van der Waals surface area contributed by atoms with E-state index in [1.165, 1.54) is 12.1 Å². The molecule has 3 rings (SSSR count). The topological polar surface area (TPSA) is 96.5 Å². The lowest BCUT2D eigenvalue weighted by molar-refractivity contribution is 0.0974. The molecule has 0 spiro atoms. The van der Waals surface area contributed by atoms with E-state index in [1.807, 2.05) is 37.3 Å². The van der Waals surface area contributed by atoms with Crippen LogP contribution in [-0.4, -0.2) is 32.6 Å². The fourth-order valence-electron chi connectivity index (χ4n) is 3.04. The van der Waals surface area contributed by atoms with Crippen LogP contribution in [0.25, 0.3) is 0 Å². The van der Waals surface area contributed by atoms with Gasteiger partial charge in [0, 0.05) is 12.2 Å². The number of thiocarbonyl (C=S) groups is 1. The minimum atomic E-state index is -3.64. The van der Waals surface area contributed by atoms with Gasteiger partial charge in [-0.15, -0.1) is 0 Å². The molecule has 0 fully saturated rings. The van der Waals surface area contributed by atoms with Crippen molar-refractivity contribution in [3.8, 4) is 5.75 Å². The highest BCUT2D eigenvalue weighted by molar-refractivity contribution is 7.89. The predicted molar refractivity (Wildman–Crippen MR) is 133 cm³/mol. The van der Waals surface area contributed by atoms with Crippen molar-refractivity contribution in [3.63, 3.8) is 0 Å². The van der Waals surface area contributed by atoms with Crippen molar-refractivity contribution in [2.45, 2.75) is 18.2 Å². The van der Waals surface area contributed by atoms with Gasteiger partial charge < -0.3 is 10.1 Å². The minimum Gasteiger partial charge on any atom is -0.493 e. The number of anilines is 1. The van der Waals surface area contributed by atoms with Crippen molar-refractivity contribution in [3.05, 3.63) is 90.0 Å². The molecule has 0 aliphatic heterocycles. The van der Waals surface area contributed by atoms with E-state index >= 15 is 0 Å². The summed E-state index contributed by atoms with van der Waals surface area (Å²) in [7, 11) is -3.64. The average Bonchev–Trinajstić information content (AvgIpc) is 2.80. The van der Waals surface area contributed by atoms with Crippen LogP contribution in [0.15, 0.2) is 83.8 Å². The van der Waals surface area contributed by atoms with Gasteiger partial charge in [-0.3, -0.25) is 10.1 Å². The summed E-state index contributed by atoms with van der Waals surface area (Å²) in [5.74, 6) is 0.0630. The molecule has 0 saturated carbocycles. The van der Waals surface area contributed by atoms with E-state index in [4.69, 9.17) is 17.0 Å². The number of nitrogens with one attached hydrogen (secondary N) is 3. The lowest BCUT2D eigenvalue weighted by Gasteiger charge is -2.13. The Morgan fingerprint density at radius 1 is 0.939 bits per heavy atom. The second-order valence-corrected chi connectivity index (χ2v) is 9.17. The summed E-state index contributed by atoms with van der Waals surface area (Å²) in [5.41, 5.74) is 1.97. The molecular formula is C24H25N3O4S2. The number of sulfonamides is 1. The zero-order valence-electron chi connectivity index (χ0n) is 18.1. The van der Waals surface area contributed by atoms with Crippen molar-refractivity contribution in [2.24, 2.45) is 0 Å². The zero-order valence-corrected chi connectivity index (χ0v) is 19.7. The van der Waals surface area contributed by atoms with Crippen molar-refractivity contribution >= 4 is 38.9 Å². The normalized spacial score (nSPS) is 10.9. The first-order valence-corrected chi connectivity index (χ1v) is 12.3. The summed E-state index contributed by atoms with van der Waals surface area (Å²) < 4.78 is 33.1. The van der Waals surface area contributed by atoms with E-state index in [1.54, 1.807) is 36.4 Å². The number of para-hydroxylation sites is 1. The Bertz CT molecular complexity index is 1200. The van der Waals surface area contributed by atoms with Gasteiger partial charge in [-0.25, -0.2) is 13.1 Å². The Morgan fingerprint density at radius 2 is 1.61 bits per heavy atom. The smallest absolute Gasteiger partial charge is 0.261 e. The number of rotatable bonds is 9. The molecule has 3 aromatic carbocycles. The van der Waals surface area contributed by atoms with Crippen LogP contribution in [0.5, 0.6) is 5.75 Å². The maximum atomic E-state index is 12.5. The molecule has 0 aromatic heterocycles. The Kier molecular flexibility index (Phi) is 8.53. The highest BCUT2D eigenvalue weighted by atomic mass is 32.2. The largest absolute Gasteiger partial charge is 0.493 e. The summed E-state index contributed by atoms with van der Waals surface area (Å²) in [6.07, 6.45) is 0.597. The number of benzene rings is 3. The first-order valence-electron chi connectivity index (χ1n) is 10.4. The van der Waals surface area contributed by atoms with Crippen molar-refractivity contribution < 1.29 is 17.9 Å². The molecule has 9 heteroatoms. The second-order valence-electron chi connectivity index (χ2n) is 7.00. The molecule has 0 saturated heterocycles. The summed E-state index contributed by atoms with van der Waals surface area (Å²) in [6, 6.07) is 22.6. The monoisotopic (exact) mass is 483 g/mol. The molecule has 0 radical (unpaired) electrons. The molecule has 33 heavy (non-hydrogen) atoms. The summed E-state index contributed by atoms with van der Waals surface area (Å²) in [6.45, 7) is 2.57. The highest BCUT2D eigenvalue weighted by Gasteiger charge is 2.15. The van der Waals surface area contributed by atoms with E-state index < -0.39 is 15.9 Å². The van der Waals surface area contributed by atoms with Crippen LogP contribution in [0.3, 0.4) is 0 Å². The molecule has 0 aliphatic rings. The van der Waals surface area contributed by atoms with E-state index in [0.29, 0.717) is 36.6 Å². The van der Waals surface area contributed by atoms with Gasteiger partial charge in [-0.05, 0) is 67.5 Å². The number of ether oxygens (including phenoxy) is 1. The van der Waals surface area contributed by atoms with E-state index in [0.717, 1.165) is 5.56 Å². The van der Waals surface area contributed by atoms with Gasteiger partial charge in [0.05, 0.1) is 17.1 Å². The third-order valence-electron chi connectivity index (χ3n) is 4.63. The molecule has 0 aliphatic carbocycles. The number of carbonyl (C=O) groups excluding carboxylic acids is 1. The van der Waals surface area contributed by atoms with Gasteiger partial charge in [-0.1, -0.05) is 42.5 Å². The van der Waals surface area contributed by atoms with E-state index in [2.05, 4.69) is 15.4 Å². The summed E-state index contributed by atoms with van der Waals surface area (Å²) in [4.78, 5) is 12.7. The lowest BCUT2D eigenvalue weighted by atomic mass is 10.2. The third-order valence-corrected chi connectivity index (χ3v) is 6.31. The van der Waals surface area contributed by atoms with Crippen LogP contribution in [0.4, 0.5) is 5.69 Å². The molecule has 172 valence electrons. The van der Waals surface area contributed by atoms with Crippen molar-refractivity contribution in [1.82, 2.24) is 10.0 Å². The molecule has 1 amide bonds. The van der Waals surface area contributed by atoms with Crippen LogP contribution >= 0.6 is 12.2 Å². The molecule has 0 heterocycles. The average molecular weight is 484 g/mol. The maximum Gasteiger partial charge on any atom is 0.261 e. The Balaban J connectivity index is 1.55. The Hall–Kier alpha value is -3.27. The Morgan fingerprint density at radius 3 is 2.30 bits per heavy atom. The summed E-state index contributed by atoms with van der Waals surface area (Å²) >= 11 is 5.22. The van der Waals surface area contributed by atoms with Crippen LogP contribution in [-0.2, 0) is 16.4 Å². The molecule has 7 nitrogen and oxygen atoms in total. The minimum absolute atomic E-state index is 0.0860. The predicted octanol–water partition coefficient (Wildman–Crippen LogP) is 3.73. The van der Waals surface area contributed by atoms with Gasteiger partial charge >= 0.3 is 0 Å². The second kappa shape index (κ2) is 11.6. The van der Waals surface area contributed by atoms with Crippen molar-refractivity contribution in [1.29, 1.82) is 0 Å². The van der Waals surface area contributed by atoms with Crippen molar-refractivity contribution in [2.75, 3.05) is 18.5 Å². The number of hydrogen-bond donors (Lipinski definition) is 3. The van der Waals surface area contributed by atoms with E-state index in [9.17, 15) is 13.2 Å². The van der Waals surface area contributed by atoms with Crippen LogP contribution in [0.1, 0.15) is 22.8 Å². The number of amides is 1. The number of hydrogen-bond acceptors (Lipinski definition) is 5. The standard InChI is InChI=1S/C24H25N3O4S2/c1-2-31-22-11-7-6-10-21(22)23(28)27-24(32)26-19-12-14-20(15-13-19)33(29,30)25-17-16-18-8-4-3-5-9-18/h3-15,25H,2,16-17H2,1H3,(H2,26,27,28,32). The van der Waals surface area contributed by atoms with Gasteiger partial charge in [0.1, 0.15) is 5.75 Å². The first-order chi connectivity index (χ1) is 15.9. The Labute approximate surface area is 199 Å². The molecule has 3 aromatic rings. The number of carbonyl (C=O) groups is 1. The third kappa shape index (κ3) is 7.11. The highest BCUT2D eigenvalue weighted by Crippen LogP contribution is 2.18. The lowest BCUT2D eigenvalue weighted by Crippen LogP contribution is -2.34. The van der Waals surface area contributed by atoms with Crippen LogP contribution < -0.4 is 20.1 Å². The molecule has 0 bridgehead atoms. The maximum absolute atomic E-state index is 12.5. The van der Waals surface area contributed by atoms with Gasteiger partial charge in [0.25, 0.3) is 5.91 Å². The quantitative estimate of drug-likeness (QED) is 0.402. The molecule has 0 atom stereocenters. The van der Waals surface area contributed by atoms with Crippen LogP contribution in [0.2, 0.25) is 0 Å².